The Balaban J connectivity index is 2.11. The Morgan fingerprint density at radius 3 is 2.89 bits per heavy atom. The SMILES string of the molecule is Cc1ncc(N)cc1C(=O)NC1CCS(=O)(=O)C1. The first-order valence-corrected chi connectivity index (χ1v) is 7.43. The zero-order valence-corrected chi connectivity index (χ0v) is 10.8. The number of nitrogens with one attached hydrogen (secondary N) is 1. The summed E-state index contributed by atoms with van der Waals surface area (Å²) in [6.45, 7) is 1.71. The van der Waals surface area contributed by atoms with Gasteiger partial charge in [0.15, 0.2) is 9.84 Å². The van der Waals surface area contributed by atoms with Crippen LogP contribution in [0.4, 0.5) is 5.69 Å². The third kappa shape index (κ3) is 2.79. The predicted molar refractivity (Wildman–Crippen MR) is 67.9 cm³/mol. The van der Waals surface area contributed by atoms with E-state index in [1.165, 1.54) is 6.20 Å². The van der Waals surface area contributed by atoms with E-state index in [0.717, 1.165) is 0 Å². The lowest BCUT2D eigenvalue weighted by molar-refractivity contribution is 0.0940. The maximum Gasteiger partial charge on any atom is 0.253 e. The number of hydrogen-bond donors (Lipinski definition) is 2. The minimum Gasteiger partial charge on any atom is -0.397 e. The molecule has 2 rings (SSSR count). The molecule has 2 heterocycles. The van der Waals surface area contributed by atoms with Gasteiger partial charge in [-0.2, -0.15) is 0 Å². The van der Waals surface area contributed by atoms with E-state index in [1.807, 2.05) is 0 Å². The number of pyridine rings is 1. The molecule has 3 N–H and O–H groups in total. The first-order chi connectivity index (χ1) is 8.37. The number of amides is 1. The summed E-state index contributed by atoms with van der Waals surface area (Å²) in [7, 11) is -3.00. The Kier molecular flexibility index (Phi) is 3.25. The van der Waals surface area contributed by atoms with Crippen molar-refractivity contribution in [2.75, 3.05) is 17.2 Å². The quantitative estimate of drug-likeness (QED) is 0.780. The molecule has 18 heavy (non-hydrogen) atoms. The average Bonchev–Trinajstić information content (AvgIpc) is 2.61. The van der Waals surface area contributed by atoms with E-state index >= 15 is 0 Å². The van der Waals surface area contributed by atoms with Crippen LogP contribution in [0.2, 0.25) is 0 Å². The lowest BCUT2D eigenvalue weighted by Gasteiger charge is -2.12. The minimum atomic E-state index is -3.00. The van der Waals surface area contributed by atoms with Gasteiger partial charge >= 0.3 is 0 Å². The number of sulfone groups is 1. The standard InChI is InChI=1S/C11H15N3O3S/c1-7-10(4-8(12)5-13-7)11(15)14-9-2-3-18(16,17)6-9/h4-5,9H,2-3,6,12H2,1H3,(H,14,15). The number of aryl methyl sites for hydroxylation is 1. The monoisotopic (exact) mass is 269 g/mol. The zero-order valence-electron chi connectivity index (χ0n) is 10.0. The maximum atomic E-state index is 12.0. The zero-order chi connectivity index (χ0) is 13.3. The third-order valence-corrected chi connectivity index (χ3v) is 4.69. The molecule has 1 aromatic rings. The summed E-state index contributed by atoms with van der Waals surface area (Å²) in [4.78, 5) is 16.0. The largest absolute Gasteiger partial charge is 0.397 e. The van der Waals surface area contributed by atoms with E-state index in [9.17, 15) is 13.2 Å². The van der Waals surface area contributed by atoms with Gasteiger partial charge in [0.2, 0.25) is 0 Å². The summed E-state index contributed by atoms with van der Waals surface area (Å²) in [5, 5.41) is 2.71. The van der Waals surface area contributed by atoms with Crippen LogP contribution in [-0.2, 0) is 9.84 Å². The second-order valence-corrected chi connectivity index (χ2v) is 6.70. The van der Waals surface area contributed by atoms with E-state index in [0.29, 0.717) is 23.4 Å². The molecule has 98 valence electrons. The molecule has 1 aromatic heterocycles. The molecule has 0 bridgehead atoms. The van der Waals surface area contributed by atoms with Crippen molar-refractivity contribution in [2.45, 2.75) is 19.4 Å². The molecular weight excluding hydrogens is 254 g/mol. The highest BCUT2D eigenvalue weighted by Gasteiger charge is 2.29. The van der Waals surface area contributed by atoms with Crippen LogP contribution in [-0.4, -0.2) is 36.9 Å². The Morgan fingerprint density at radius 2 is 2.28 bits per heavy atom. The highest BCUT2D eigenvalue weighted by Crippen LogP contribution is 2.14. The molecule has 0 radical (unpaired) electrons. The fraction of sp³-hybridized carbons (Fsp3) is 0.455. The molecule has 1 saturated heterocycles. The van der Waals surface area contributed by atoms with E-state index < -0.39 is 9.84 Å². The van der Waals surface area contributed by atoms with Crippen LogP contribution >= 0.6 is 0 Å². The van der Waals surface area contributed by atoms with Crippen molar-refractivity contribution < 1.29 is 13.2 Å². The number of nitrogen functional groups attached to an aromatic ring is 1. The highest BCUT2D eigenvalue weighted by molar-refractivity contribution is 7.91. The van der Waals surface area contributed by atoms with E-state index in [2.05, 4.69) is 10.3 Å². The number of nitrogens with zero attached hydrogens (tertiary/aromatic N) is 1. The third-order valence-electron chi connectivity index (χ3n) is 2.92. The molecule has 7 heteroatoms. The van der Waals surface area contributed by atoms with Crippen LogP contribution in [0.3, 0.4) is 0 Å². The number of rotatable bonds is 2. The smallest absolute Gasteiger partial charge is 0.253 e. The first-order valence-electron chi connectivity index (χ1n) is 5.61. The summed E-state index contributed by atoms with van der Waals surface area (Å²) < 4.78 is 22.6. The Labute approximate surface area is 106 Å². The second-order valence-electron chi connectivity index (χ2n) is 4.48. The predicted octanol–water partition coefficient (Wildman–Crippen LogP) is -0.111. The summed E-state index contributed by atoms with van der Waals surface area (Å²) in [5.74, 6) is -0.186. The van der Waals surface area contributed by atoms with Crippen LogP contribution in [0.1, 0.15) is 22.5 Å². The van der Waals surface area contributed by atoms with Gasteiger partial charge in [0.25, 0.3) is 5.91 Å². The van der Waals surface area contributed by atoms with Gasteiger partial charge in [-0.3, -0.25) is 9.78 Å². The van der Waals surface area contributed by atoms with Crippen molar-refractivity contribution in [3.63, 3.8) is 0 Å². The van der Waals surface area contributed by atoms with Crippen LogP contribution in [0.15, 0.2) is 12.3 Å². The molecule has 0 spiro atoms. The molecule has 1 aliphatic rings. The number of nitrogens with two attached hydrogens (primary N) is 1. The number of carbonyl (C=O) groups excluding carboxylic acids is 1. The summed E-state index contributed by atoms with van der Waals surface area (Å²) >= 11 is 0. The van der Waals surface area contributed by atoms with E-state index in [1.54, 1.807) is 13.0 Å². The van der Waals surface area contributed by atoms with Gasteiger partial charge in [-0.05, 0) is 19.4 Å². The molecule has 1 aliphatic heterocycles. The lowest BCUT2D eigenvalue weighted by Crippen LogP contribution is -2.36. The van der Waals surface area contributed by atoms with E-state index in [4.69, 9.17) is 5.73 Å². The van der Waals surface area contributed by atoms with Crippen LogP contribution in [0, 0.1) is 6.92 Å². The fourth-order valence-corrected chi connectivity index (χ4v) is 3.62. The van der Waals surface area contributed by atoms with E-state index in [-0.39, 0.29) is 23.5 Å². The van der Waals surface area contributed by atoms with Crippen molar-refractivity contribution in [1.82, 2.24) is 10.3 Å². The lowest BCUT2D eigenvalue weighted by atomic mass is 10.1. The van der Waals surface area contributed by atoms with Crippen LogP contribution in [0.5, 0.6) is 0 Å². The average molecular weight is 269 g/mol. The molecule has 0 aromatic carbocycles. The van der Waals surface area contributed by atoms with Crippen molar-refractivity contribution in [2.24, 2.45) is 0 Å². The van der Waals surface area contributed by atoms with Gasteiger partial charge in [0.1, 0.15) is 0 Å². The van der Waals surface area contributed by atoms with Gasteiger partial charge in [-0.1, -0.05) is 0 Å². The molecule has 1 unspecified atom stereocenters. The number of hydrogen-bond acceptors (Lipinski definition) is 5. The molecule has 1 amide bonds. The number of carbonyl (C=O) groups is 1. The van der Waals surface area contributed by atoms with Gasteiger partial charge in [0.05, 0.1) is 34.6 Å². The van der Waals surface area contributed by atoms with Crippen molar-refractivity contribution >= 4 is 21.4 Å². The molecule has 0 aliphatic carbocycles. The Morgan fingerprint density at radius 1 is 1.56 bits per heavy atom. The Hall–Kier alpha value is -1.63. The normalized spacial score (nSPS) is 21.7. The molecule has 1 atom stereocenters. The molecule has 6 nitrogen and oxygen atoms in total. The van der Waals surface area contributed by atoms with Crippen molar-refractivity contribution in [1.29, 1.82) is 0 Å². The molecule has 1 fully saturated rings. The first kappa shape index (κ1) is 12.8. The fourth-order valence-electron chi connectivity index (χ4n) is 1.95. The van der Waals surface area contributed by atoms with Crippen LogP contribution in [0.25, 0.3) is 0 Å². The highest BCUT2D eigenvalue weighted by atomic mass is 32.2. The van der Waals surface area contributed by atoms with Crippen molar-refractivity contribution in [3.8, 4) is 0 Å². The topological polar surface area (TPSA) is 102 Å². The van der Waals surface area contributed by atoms with Gasteiger partial charge in [-0.25, -0.2) is 8.42 Å². The summed E-state index contributed by atoms with van der Waals surface area (Å²) in [6, 6.07) is 1.23. The second kappa shape index (κ2) is 4.56. The Bertz CT molecular complexity index is 583. The van der Waals surface area contributed by atoms with Gasteiger partial charge in [-0.15, -0.1) is 0 Å². The molecular formula is C11H15N3O3S. The maximum absolute atomic E-state index is 12.0. The molecule has 0 saturated carbocycles. The van der Waals surface area contributed by atoms with Crippen LogP contribution < -0.4 is 11.1 Å². The van der Waals surface area contributed by atoms with Gasteiger partial charge < -0.3 is 11.1 Å². The number of anilines is 1. The van der Waals surface area contributed by atoms with Crippen molar-refractivity contribution in [3.05, 3.63) is 23.5 Å². The minimum absolute atomic E-state index is 0.00747. The summed E-state index contributed by atoms with van der Waals surface area (Å²) in [6.07, 6.45) is 1.94. The van der Waals surface area contributed by atoms with Gasteiger partial charge in [0, 0.05) is 6.04 Å². The summed E-state index contributed by atoms with van der Waals surface area (Å²) in [5.41, 5.74) is 6.95. The number of aromatic nitrogens is 1.